The highest BCUT2D eigenvalue weighted by Gasteiger charge is 1.94. The molecule has 0 heterocycles. The molecule has 2 radical (unpaired) electrons. The van der Waals surface area contributed by atoms with E-state index in [1.54, 1.807) is 0 Å². The largest absolute Gasteiger partial charge is 0.0885 e. The molecule has 0 aromatic carbocycles. The Kier molecular flexibility index (Phi) is 28.5. The van der Waals surface area contributed by atoms with E-state index in [-0.39, 0.29) is 0 Å². The van der Waals surface area contributed by atoms with Crippen LogP contribution in [0.2, 0.25) is 0 Å². The lowest BCUT2D eigenvalue weighted by atomic mass is 10.0. The van der Waals surface area contributed by atoms with Gasteiger partial charge in [0.2, 0.25) is 0 Å². The van der Waals surface area contributed by atoms with Crippen molar-refractivity contribution in [1.82, 2.24) is 0 Å². The molecule has 30 heavy (non-hydrogen) atoms. The fourth-order valence-corrected chi connectivity index (χ4v) is 4.30. The van der Waals surface area contributed by atoms with Gasteiger partial charge < -0.3 is 0 Å². The average Bonchev–Trinajstić information content (AvgIpc) is 2.76. The van der Waals surface area contributed by atoms with Gasteiger partial charge in [0, 0.05) is 0 Å². The second-order valence-electron chi connectivity index (χ2n) is 9.53. The molecule has 178 valence electrons. The molecule has 0 aliphatic carbocycles. The van der Waals surface area contributed by atoms with Gasteiger partial charge in [-0.25, -0.2) is 0 Å². The Morgan fingerprint density at radius 1 is 0.267 bits per heavy atom. The molecule has 0 saturated carbocycles. The van der Waals surface area contributed by atoms with Crippen molar-refractivity contribution in [2.45, 2.75) is 167 Å². The van der Waals surface area contributed by atoms with E-state index in [9.17, 15) is 0 Å². The van der Waals surface area contributed by atoms with Crippen molar-refractivity contribution in [3.05, 3.63) is 26.0 Å². The molecular weight excluding hydrogens is 360 g/mol. The maximum absolute atomic E-state index is 3.91. The van der Waals surface area contributed by atoms with Crippen LogP contribution in [-0.2, 0) is 0 Å². The normalized spacial score (nSPS) is 11.7. The molecule has 0 amide bonds. The standard InChI is InChI=1S/C30H58/c1-3-5-7-9-11-13-15-17-19-21-23-25-27-29-30-28-26-24-22-20-18-16-14-12-10-8-6-4-2/h25,27H,1-24,26,28-30H2. The van der Waals surface area contributed by atoms with Gasteiger partial charge >= 0.3 is 0 Å². The third-order valence-electron chi connectivity index (χ3n) is 6.41. The Balaban J connectivity index is 3.05. The first-order valence-electron chi connectivity index (χ1n) is 14.1. The third kappa shape index (κ3) is 27.7. The highest BCUT2D eigenvalue weighted by atomic mass is 14.0. The zero-order valence-electron chi connectivity index (χ0n) is 21.0. The lowest BCUT2D eigenvalue weighted by Gasteiger charge is -2.03. The molecular formula is C30H58. The predicted molar refractivity (Wildman–Crippen MR) is 140 cm³/mol. The van der Waals surface area contributed by atoms with Crippen LogP contribution in [0, 0.1) is 13.8 Å². The van der Waals surface area contributed by atoms with E-state index in [1.807, 2.05) is 0 Å². The average molecular weight is 419 g/mol. The lowest BCUT2D eigenvalue weighted by molar-refractivity contribution is 0.537. The minimum Gasteiger partial charge on any atom is -0.0885 e. The summed E-state index contributed by atoms with van der Waals surface area (Å²) in [6, 6.07) is 0. The van der Waals surface area contributed by atoms with Crippen molar-refractivity contribution in [1.29, 1.82) is 0 Å². The Morgan fingerprint density at radius 3 is 0.700 bits per heavy atom. The van der Waals surface area contributed by atoms with Crippen LogP contribution < -0.4 is 0 Å². The summed E-state index contributed by atoms with van der Waals surface area (Å²) in [5.41, 5.74) is 0. The number of allylic oxidation sites excluding steroid dienone is 2. The smallest absolute Gasteiger partial charge is 0.0351 e. The number of unbranched alkanes of at least 4 members (excludes halogenated alkanes) is 24. The van der Waals surface area contributed by atoms with E-state index >= 15 is 0 Å². The van der Waals surface area contributed by atoms with Crippen molar-refractivity contribution in [2.75, 3.05) is 0 Å². The second-order valence-corrected chi connectivity index (χ2v) is 9.53. The minimum atomic E-state index is 1.12. The van der Waals surface area contributed by atoms with Crippen LogP contribution in [0.5, 0.6) is 0 Å². The molecule has 0 aliphatic heterocycles. The summed E-state index contributed by atoms with van der Waals surface area (Å²) in [6.45, 7) is 7.82. The molecule has 0 bridgehead atoms. The number of rotatable bonds is 26. The molecule has 0 fully saturated rings. The summed E-state index contributed by atoms with van der Waals surface area (Å²) in [7, 11) is 0. The van der Waals surface area contributed by atoms with Crippen molar-refractivity contribution in [3.8, 4) is 0 Å². The fraction of sp³-hybridized carbons (Fsp3) is 0.867. The summed E-state index contributed by atoms with van der Waals surface area (Å²) in [4.78, 5) is 0. The molecule has 0 nitrogen and oxygen atoms in total. The molecule has 0 N–H and O–H groups in total. The van der Waals surface area contributed by atoms with Gasteiger partial charge in [0.25, 0.3) is 0 Å². The topological polar surface area (TPSA) is 0 Å². The van der Waals surface area contributed by atoms with Gasteiger partial charge in [-0.15, -0.1) is 0 Å². The molecule has 0 saturated heterocycles. The second kappa shape index (κ2) is 28.7. The summed E-state index contributed by atoms with van der Waals surface area (Å²) in [5, 5.41) is 0. The van der Waals surface area contributed by atoms with Gasteiger partial charge in [0.15, 0.2) is 0 Å². The molecule has 0 unspecified atom stereocenters. The maximum atomic E-state index is 3.91. The van der Waals surface area contributed by atoms with Crippen molar-refractivity contribution >= 4 is 0 Å². The van der Waals surface area contributed by atoms with Gasteiger partial charge in [0.1, 0.15) is 0 Å². The van der Waals surface area contributed by atoms with E-state index < -0.39 is 0 Å². The first-order chi connectivity index (χ1) is 14.9. The SMILES string of the molecule is [CH2]CCCCCCCCCCCC=CCCCCCCCCCCCCCCC[CH2]. The number of hydrogen-bond acceptors (Lipinski definition) is 0. The Labute approximate surface area is 193 Å². The first-order valence-corrected chi connectivity index (χ1v) is 14.1. The maximum Gasteiger partial charge on any atom is -0.0351 e. The lowest BCUT2D eigenvalue weighted by Crippen LogP contribution is -1.83. The van der Waals surface area contributed by atoms with E-state index in [4.69, 9.17) is 0 Å². The molecule has 0 aliphatic rings. The van der Waals surface area contributed by atoms with Crippen LogP contribution in [0.1, 0.15) is 167 Å². The predicted octanol–water partition coefficient (Wildman–Crippen LogP) is 11.4. The molecule has 0 aromatic rings. The molecule has 0 atom stereocenters. The summed E-state index contributed by atoms with van der Waals surface area (Å²) < 4.78 is 0. The highest BCUT2D eigenvalue weighted by molar-refractivity contribution is 4.81. The van der Waals surface area contributed by atoms with Crippen LogP contribution in [0.15, 0.2) is 12.2 Å². The third-order valence-corrected chi connectivity index (χ3v) is 6.41. The van der Waals surface area contributed by atoms with Crippen LogP contribution in [0.3, 0.4) is 0 Å². The quantitative estimate of drug-likeness (QED) is 0.0967. The Hall–Kier alpha value is -0.260. The summed E-state index contributed by atoms with van der Waals surface area (Å²) in [6.07, 6.45) is 41.2. The first kappa shape index (κ1) is 29.7. The van der Waals surface area contributed by atoms with Crippen molar-refractivity contribution < 1.29 is 0 Å². The molecule has 0 spiro atoms. The zero-order chi connectivity index (χ0) is 21.8. The molecule has 0 heteroatoms. The number of hydrogen-bond donors (Lipinski definition) is 0. The minimum absolute atomic E-state index is 1.12. The van der Waals surface area contributed by atoms with Crippen LogP contribution in [0.25, 0.3) is 0 Å². The Morgan fingerprint density at radius 2 is 0.467 bits per heavy atom. The van der Waals surface area contributed by atoms with Gasteiger partial charge in [-0.05, 0) is 25.7 Å². The Bertz CT molecular complexity index is 303. The van der Waals surface area contributed by atoms with E-state index in [1.165, 1.54) is 154 Å². The van der Waals surface area contributed by atoms with Crippen molar-refractivity contribution in [3.63, 3.8) is 0 Å². The molecule has 0 rings (SSSR count). The van der Waals surface area contributed by atoms with Gasteiger partial charge in [-0.2, -0.15) is 0 Å². The molecule has 0 aromatic heterocycles. The van der Waals surface area contributed by atoms with Crippen molar-refractivity contribution in [2.24, 2.45) is 0 Å². The zero-order valence-corrected chi connectivity index (χ0v) is 21.0. The van der Waals surface area contributed by atoms with Gasteiger partial charge in [0.05, 0.1) is 0 Å². The van der Waals surface area contributed by atoms with Crippen LogP contribution >= 0.6 is 0 Å². The van der Waals surface area contributed by atoms with Gasteiger partial charge in [-0.1, -0.05) is 167 Å². The van der Waals surface area contributed by atoms with E-state index in [0.29, 0.717) is 0 Å². The van der Waals surface area contributed by atoms with Gasteiger partial charge in [-0.3, -0.25) is 0 Å². The summed E-state index contributed by atoms with van der Waals surface area (Å²) >= 11 is 0. The van der Waals surface area contributed by atoms with E-state index in [0.717, 1.165) is 12.8 Å². The fourth-order valence-electron chi connectivity index (χ4n) is 4.30. The van der Waals surface area contributed by atoms with E-state index in [2.05, 4.69) is 26.0 Å². The highest BCUT2D eigenvalue weighted by Crippen LogP contribution is 2.14. The van der Waals surface area contributed by atoms with Crippen LogP contribution in [-0.4, -0.2) is 0 Å². The monoisotopic (exact) mass is 418 g/mol. The van der Waals surface area contributed by atoms with Crippen LogP contribution in [0.4, 0.5) is 0 Å². The summed E-state index contributed by atoms with van der Waals surface area (Å²) in [5.74, 6) is 0.